The molecule has 0 amide bonds. The number of carbonyl (C=O) groups excluding carboxylic acids is 1. The minimum atomic E-state index is -0.396. The molecule has 0 bridgehead atoms. The van der Waals surface area contributed by atoms with E-state index in [-0.39, 0.29) is 6.61 Å². The third-order valence-corrected chi connectivity index (χ3v) is 4.59. The van der Waals surface area contributed by atoms with Crippen LogP contribution in [0, 0.1) is 6.92 Å². The van der Waals surface area contributed by atoms with Crippen molar-refractivity contribution in [1.82, 2.24) is 10.1 Å². The SMILES string of the molecule is Cc1nc(COC(=O)c2ccc3noc(-c4ccccc4)c3c2)cs1. The normalized spacial score (nSPS) is 10.9. The summed E-state index contributed by atoms with van der Waals surface area (Å²) in [6, 6.07) is 14.9. The quantitative estimate of drug-likeness (QED) is 0.503. The van der Waals surface area contributed by atoms with Gasteiger partial charge in [-0.05, 0) is 25.1 Å². The lowest BCUT2D eigenvalue weighted by Crippen LogP contribution is -2.05. The van der Waals surface area contributed by atoms with Crippen LogP contribution in [0.3, 0.4) is 0 Å². The molecule has 124 valence electrons. The maximum absolute atomic E-state index is 12.3. The van der Waals surface area contributed by atoms with E-state index >= 15 is 0 Å². The summed E-state index contributed by atoms with van der Waals surface area (Å²) < 4.78 is 10.8. The van der Waals surface area contributed by atoms with Gasteiger partial charge >= 0.3 is 5.97 Å². The fourth-order valence-electron chi connectivity index (χ4n) is 2.56. The molecule has 4 rings (SSSR count). The number of hydrogen-bond donors (Lipinski definition) is 0. The zero-order chi connectivity index (χ0) is 17.2. The van der Waals surface area contributed by atoms with E-state index in [2.05, 4.69) is 10.1 Å². The molecule has 2 aromatic carbocycles. The summed E-state index contributed by atoms with van der Waals surface area (Å²) in [5, 5.41) is 7.68. The Balaban J connectivity index is 1.61. The summed E-state index contributed by atoms with van der Waals surface area (Å²) in [6.07, 6.45) is 0. The lowest BCUT2D eigenvalue weighted by atomic mass is 10.1. The van der Waals surface area contributed by atoms with Crippen LogP contribution in [0.15, 0.2) is 58.4 Å². The monoisotopic (exact) mass is 350 g/mol. The average molecular weight is 350 g/mol. The minimum Gasteiger partial charge on any atom is -0.456 e. The Morgan fingerprint density at radius 1 is 1.20 bits per heavy atom. The molecule has 0 unspecified atom stereocenters. The summed E-state index contributed by atoms with van der Waals surface area (Å²) in [6.45, 7) is 2.08. The number of esters is 1. The predicted octanol–water partition coefficient (Wildman–Crippen LogP) is 4.62. The van der Waals surface area contributed by atoms with Gasteiger partial charge in [-0.2, -0.15) is 0 Å². The van der Waals surface area contributed by atoms with Crippen LogP contribution in [0.2, 0.25) is 0 Å². The van der Waals surface area contributed by atoms with Gasteiger partial charge in [0.2, 0.25) is 0 Å². The average Bonchev–Trinajstić information content (AvgIpc) is 3.26. The fraction of sp³-hybridized carbons (Fsp3) is 0.105. The first-order chi connectivity index (χ1) is 12.2. The van der Waals surface area contributed by atoms with Crippen LogP contribution >= 0.6 is 11.3 Å². The van der Waals surface area contributed by atoms with Crippen molar-refractivity contribution < 1.29 is 14.1 Å². The van der Waals surface area contributed by atoms with Crippen LogP contribution in [0.4, 0.5) is 0 Å². The molecule has 0 N–H and O–H groups in total. The van der Waals surface area contributed by atoms with Crippen molar-refractivity contribution in [3.05, 3.63) is 70.2 Å². The number of carbonyl (C=O) groups is 1. The summed E-state index contributed by atoms with van der Waals surface area (Å²) in [5.74, 6) is 0.244. The molecule has 4 aromatic rings. The van der Waals surface area contributed by atoms with Crippen molar-refractivity contribution in [3.63, 3.8) is 0 Å². The number of aromatic nitrogens is 2. The van der Waals surface area contributed by atoms with Crippen molar-refractivity contribution in [2.75, 3.05) is 0 Å². The summed E-state index contributed by atoms with van der Waals surface area (Å²) in [7, 11) is 0. The third kappa shape index (κ3) is 3.16. The highest BCUT2D eigenvalue weighted by molar-refractivity contribution is 7.09. The van der Waals surface area contributed by atoms with Gasteiger partial charge in [-0.1, -0.05) is 35.5 Å². The fourth-order valence-corrected chi connectivity index (χ4v) is 3.16. The Morgan fingerprint density at radius 2 is 2.04 bits per heavy atom. The number of hydrogen-bond acceptors (Lipinski definition) is 6. The summed E-state index contributed by atoms with van der Waals surface area (Å²) in [5.41, 5.74) is 2.82. The number of rotatable bonds is 4. The highest BCUT2D eigenvalue weighted by atomic mass is 32.1. The number of thiazole rings is 1. The highest BCUT2D eigenvalue weighted by Gasteiger charge is 2.15. The molecule has 5 nitrogen and oxygen atoms in total. The first-order valence-corrected chi connectivity index (χ1v) is 8.61. The van der Waals surface area contributed by atoms with Crippen molar-refractivity contribution in [2.24, 2.45) is 0 Å². The number of benzene rings is 2. The highest BCUT2D eigenvalue weighted by Crippen LogP contribution is 2.29. The van der Waals surface area contributed by atoms with E-state index in [1.165, 1.54) is 11.3 Å². The second-order valence-corrected chi connectivity index (χ2v) is 6.61. The Labute approximate surface area is 147 Å². The lowest BCUT2D eigenvalue weighted by molar-refractivity contribution is 0.0468. The van der Waals surface area contributed by atoms with E-state index in [4.69, 9.17) is 9.26 Å². The van der Waals surface area contributed by atoms with Gasteiger partial charge in [0.05, 0.1) is 21.7 Å². The van der Waals surface area contributed by atoms with Gasteiger partial charge < -0.3 is 9.26 Å². The Morgan fingerprint density at radius 3 is 2.80 bits per heavy atom. The molecule has 0 radical (unpaired) electrons. The Hall–Kier alpha value is -2.99. The molecule has 6 heteroatoms. The van der Waals surface area contributed by atoms with E-state index in [9.17, 15) is 4.79 Å². The smallest absolute Gasteiger partial charge is 0.338 e. The standard InChI is InChI=1S/C19H14N2O3S/c1-12-20-15(11-25-12)10-23-19(22)14-7-8-17-16(9-14)18(24-21-17)13-5-3-2-4-6-13/h2-9,11H,10H2,1H3. The summed E-state index contributed by atoms with van der Waals surface area (Å²) >= 11 is 1.53. The number of fused-ring (bicyclic) bond motifs is 1. The largest absolute Gasteiger partial charge is 0.456 e. The predicted molar refractivity (Wildman–Crippen MR) is 95.4 cm³/mol. The molecule has 0 atom stereocenters. The zero-order valence-electron chi connectivity index (χ0n) is 13.4. The Bertz CT molecular complexity index is 1040. The van der Waals surface area contributed by atoms with E-state index in [1.807, 2.05) is 42.6 Å². The number of nitrogens with zero attached hydrogens (tertiary/aromatic N) is 2. The second-order valence-electron chi connectivity index (χ2n) is 5.54. The molecule has 0 saturated heterocycles. The van der Waals surface area contributed by atoms with Gasteiger partial charge in [0, 0.05) is 10.9 Å². The molecular formula is C19H14N2O3S. The van der Waals surface area contributed by atoms with Gasteiger partial charge in [-0.3, -0.25) is 0 Å². The van der Waals surface area contributed by atoms with Crippen molar-refractivity contribution in [1.29, 1.82) is 0 Å². The third-order valence-electron chi connectivity index (χ3n) is 3.77. The zero-order valence-corrected chi connectivity index (χ0v) is 14.2. The van der Waals surface area contributed by atoms with Crippen molar-refractivity contribution in [3.8, 4) is 11.3 Å². The van der Waals surface area contributed by atoms with Gasteiger partial charge in [0.1, 0.15) is 12.1 Å². The molecule has 0 fully saturated rings. The molecule has 2 aromatic heterocycles. The van der Waals surface area contributed by atoms with Gasteiger partial charge in [-0.15, -0.1) is 11.3 Å². The molecule has 0 aliphatic heterocycles. The Kier molecular flexibility index (Phi) is 4.03. The maximum atomic E-state index is 12.3. The molecular weight excluding hydrogens is 336 g/mol. The van der Waals surface area contributed by atoms with Crippen molar-refractivity contribution >= 4 is 28.2 Å². The van der Waals surface area contributed by atoms with Crippen LogP contribution in [-0.4, -0.2) is 16.1 Å². The maximum Gasteiger partial charge on any atom is 0.338 e. The molecule has 2 heterocycles. The van der Waals surface area contributed by atoms with E-state index in [0.29, 0.717) is 16.8 Å². The second kappa shape index (κ2) is 6.49. The molecule has 0 aliphatic carbocycles. The van der Waals surface area contributed by atoms with Crippen LogP contribution in [0.25, 0.3) is 22.2 Å². The first-order valence-electron chi connectivity index (χ1n) is 7.74. The number of aryl methyl sites for hydroxylation is 1. The van der Waals surface area contributed by atoms with Crippen LogP contribution in [0.5, 0.6) is 0 Å². The van der Waals surface area contributed by atoms with Crippen LogP contribution < -0.4 is 0 Å². The molecule has 0 spiro atoms. The topological polar surface area (TPSA) is 65.2 Å². The minimum absolute atomic E-state index is 0.163. The molecule has 0 saturated carbocycles. The van der Waals surface area contributed by atoms with Gasteiger partial charge in [-0.25, -0.2) is 9.78 Å². The lowest BCUT2D eigenvalue weighted by Gasteiger charge is -2.03. The summed E-state index contributed by atoms with van der Waals surface area (Å²) in [4.78, 5) is 16.6. The van der Waals surface area contributed by atoms with Crippen molar-refractivity contribution in [2.45, 2.75) is 13.5 Å². The molecule has 0 aliphatic rings. The first kappa shape index (κ1) is 15.5. The van der Waals surface area contributed by atoms with Gasteiger partial charge in [0.25, 0.3) is 0 Å². The van der Waals surface area contributed by atoms with E-state index in [0.717, 1.165) is 21.7 Å². The van der Waals surface area contributed by atoms with E-state index < -0.39 is 5.97 Å². The van der Waals surface area contributed by atoms with Gasteiger partial charge in [0.15, 0.2) is 5.76 Å². The molecule has 25 heavy (non-hydrogen) atoms. The van der Waals surface area contributed by atoms with Crippen LogP contribution in [0.1, 0.15) is 21.1 Å². The van der Waals surface area contributed by atoms with E-state index in [1.54, 1.807) is 18.2 Å². The number of ether oxygens (including phenoxy) is 1. The van der Waals surface area contributed by atoms with Crippen LogP contribution in [-0.2, 0) is 11.3 Å².